The predicted octanol–water partition coefficient (Wildman–Crippen LogP) is 3.22. The van der Waals surface area contributed by atoms with Crippen LogP contribution in [0.15, 0.2) is 42.5 Å². The average molecular weight is 399 g/mol. The van der Waals surface area contributed by atoms with Gasteiger partial charge in [0.1, 0.15) is 11.6 Å². The van der Waals surface area contributed by atoms with Crippen molar-refractivity contribution in [2.24, 2.45) is 11.7 Å². The molecule has 0 spiro atoms. The molecule has 0 saturated carbocycles. The van der Waals surface area contributed by atoms with E-state index in [1.165, 1.54) is 0 Å². The largest absolute Gasteiger partial charge is 0.458 e. The molecule has 1 saturated heterocycles. The van der Waals surface area contributed by atoms with Gasteiger partial charge in [0.15, 0.2) is 11.8 Å². The first-order chi connectivity index (χ1) is 13.5. The molecule has 2 aromatic rings. The molecule has 3 rings (SSSR count). The zero-order valence-corrected chi connectivity index (χ0v) is 17.7. The van der Waals surface area contributed by atoms with Crippen LogP contribution in [-0.4, -0.2) is 29.8 Å². The molecule has 0 amide bonds. The third-order valence-corrected chi connectivity index (χ3v) is 4.98. The number of rotatable bonds is 4. The summed E-state index contributed by atoms with van der Waals surface area (Å²) in [5.74, 6) is -0.950. The Morgan fingerprint density at radius 2 is 1.86 bits per heavy atom. The molecule has 3 unspecified atom stereocenters. The minimum Gasteiger partial charge on any atom is -0.458 e. The number of carbonyl (C=O) groups excluding carboxylic acids is 2. The van der Waals surface area contributed by atoms with Crippen molar-refractivity contribution in [2.45, 2.75) is 64.4 Å². The molecule has 1 aliphatic heterocycles. The molecular formula is C23H30N2O4. The van der Waals surface area contributed by atoms with E-state index in [-0.39, 0.29) is 5.92 Å². The first-order valence-corrected chi connectivity index (χ1v) is 9.99. The fourth-order valence-corrected chi connectivity index (χ4v) is 3.66. The maximum Gasteiger partial charge on any atom is 0.333 e. The normalized spacial score (nSPS) is 25.1. The number of esters is 2. The minimum absolute atomic E-state index is 0.252. The molecule has 156 valence electrons. The van der Waals surface area contributed by atoms with Crippen molar-refractivity contribution in [1.29, 1.82) is 0 Å². The number of carbonyl (C=O) groups is 2. The second-order valence-corrected chi connectivity index (χ2v) is 9.05. The van der Waals surface area contributed by atoms with Crippen LogP contribution in [0.5, 0.6) is 0 Å². The van der Waals surface area contributed by atoms with Gasteiger partial charge in [0.05, 0.1) is 0 Å². The van der Waals surface area contributed by atoms with Gasteiger partial charge in [-0.05, 0) is 49.1 Å². The SMILES string of the molecule is CC(C)CC1NC(C(=O)OC(C)(C)C)(c2ccc3ccccc3c2)C(N)C(=O)O1. The van der Waals surface area contributed by atoms with E-state index in [0.29, 0.717) is 12.0 Å². The van der Waals surface area contributed by atoms with Gasteiger partial charge in [-0.15, -0.1) is 0 Å². The molecule has 0 aromatic heterocycles. The molecule has 1 fully saturated rings. The molecule has 3 N–H and O–H groups in total. The van der Waals surface area contributed by atoms with Crippen molar-refractivity contribution in [2.75, 3.05) is 0 Å². The van der Waals surface area contributed by atoms with E-state index in [2.05, 4.69) is 5.32 Å². The number of nitrogens with two attached hydrogens (primary N) is 1. The molecule has 0 aliphatic carbocycles. The summed E-state index contributed by atoms with van der Waals surface area (Å²) in [6.07, 6.45) is -0.0855. The maximum absolute atomic E-state index is 13.5. The highest BCUT2D eigenvalue weighted by molar-refractivity contribution is 5.95. The molecule has 29 heavy (non-hydrogen) atoms. The van der Waals surface area contributed by atoms with E-state index < -0.39 is 35.3 Å². The standard InChI is InChI=1S/C23H30N2O4/c1-14(2)12-18-25-23(19(24)20(26)28-18,21(27)29-22(3,4)5)17-11-10-15-8-6-7-9-16(15)13-17/h6-11,13-14,18-19,25H,12,24H2,1-5H3. The Morgan fingerprint density at radius 1 is 1.21 bits per heavy atom. The molecule has 0 radical (unpaired) electrons. The number of benzene rings is 2. The van der Waals surface area contributed by atoms with Gasteiger partial charge in [-0.2, -0.15) is 0 Å². The summed E-state index contributed by atoms with van der Waals surface area (Å²) in [5.41, 5.74) is 4.62. The van der Waals surface area contributed by atoms with Crippen LogP contribution in [0.4, 0.5) is 0 Å². The highest BCUT2D eigenvalue weighted by atomic mass is 16.6. The molecular weight excluding hydrogens is 368 g/mol. The second kappa shape index (κ2) is 7.76. The second-order valence-electron chi connectivity index (χ2n) is 9.05. The minimum atomic E-state index is -1.54. The van der Waals surface area contributed by atoms with Gasteiger partial charge < -0.3 is 15.2 Å². The average Bonchev–Trinajstić information content (AvgIpc) is 2.62. The summed E-state index contributed by atoms with van der Waals surface area (Å²) in [5, 5.41) is 5.21. The topological polar surface area (TPSA) is 90.6 Å². The van der Waals surface area contributed by atoms with Crippen LogP contribution in [0.2, 0.25) is 0 Å². The first kappa shape index (κ1) is 21.3. The predicted molar refractivity (Wildman–Crippen MR) is 112 cm³/mol. The van der Waals surface area contributed by atoms with Gasteiger partial charge >= 0.3 is 11.9 Å². The lowest BCUT2D eigenvalue weighted by atomic mass is 9.80. The van der Waals surface area contributed by atoms with Crippen molar-refractivity contribution in [3.8, 4) is 0 Å². The third-order valence-electron chi connectivity index (χ3n) is 4.98. The number of cyclic esters (lactones) is 1. The highest BCUT2D eigenvalue weighted by Gasteiger charge is 2.56. The Morgan fingerprint density at radius 3 is 2.48 bits per heavy atom. The van der Waals surface area contributed by atoms with Gasteiger partial charge in [-0.1, -0.05) is 50.2 Å². The smallest absolute Gasteiger partial charge is 0.333 e. The lowest BCUT2D eigenvalue weighted by molar-refractivity contribution is -0.185. The number of fused-ring (bicyclic) bond motifs is 1. The molecule has 0 bridgehead atoms. The van der Waals surface area contributed by atoms with Gasteiger partial charge in [0.2, 0.25) is 0 Å². The molecule has 6 nitrogen and oxygen atoms in total. The maximum atomic E-state index is 13.5. The van der Waals surface area contributed by atoms with Crippen LogP contribution in [0.1, 0.15) is 46.6 Å². The Balaban J connectivity index is 2.16. The summed E-state index contributed by atoms with van der Waals surface area (Å²) >= 11 is 0. The van der Waals surface area contributed by atoms with Crippen molar-refractivity contribution in [1.82, 2.24) is 5.32 Å². The van der Waals surface area contributed by atoms with Gasteiger partial charge in [0.25, 0.3) is 0 Å². The van der Waals surface area contributed by atoms with E-state index in [1.807, 2.05) is 56.3 Å². The number of hydrogen-bond acceptors (Lipinski definition) is 6. The summed E-state index contributed by atoms with van der Waals surface area (Å²) in [4.78, 5) is 26.2. The Labute approximate surface area is 171 Å². The third kappa shape index (κ3) is 4.28. The van der Waals surface area contributed by atoms with E-state index >= 15 is 0 Å². The Kier molecular flexibility index (Phi) is 5.70. The summed E-state index contributed by atoms with van der Waals surface area (Å²) in [7, 11) is 0. The van der Waals surface area contributed by atoms with Crippen molar-refractivity contribution in [3.63, 3.8) is 0 Å². The Bertz CT molecular complexity index is 918. The molecule has 1 heterocycles. The number of ether oxygens (including phenoxy) is 2. The number of hydrogen-bond donors (Lipinski definition) is 2. The van der Waals surface area contributed by atoms with E-state index in [1.54, 1.807) is 20.8 Å². The van der Waals surface area contributed by atoms with Crippen LogP contribution in [-0.2, 0) is 24.6 Å². The van der Waals surface area contributed by atoms with Gasteiger partial charge in [-0.3, -0.25) is 10.1 Å². The summed E-state index contributed by atoms with van der Waals surface area (Å²) < 4.78 is 11.2. The van der Waals surface area contributed by atoms with Gasteiger partial charge in [-0.25, -0.2) is 4.79 Å². The van der Waals surface area contributed by atoms with Crippen molar-refractivity contribution >= 4 is 22.7 Å². The van der Waals surface area contributed by atoms with Crippen molar-refractivity contribution < 1.29 is 19.1 Å². The van der Waals surface area contributed by atoms with Crippen LogP contribution in [0.3, 0.4) is 0 Å². The lowest BCUT2D eigenvalue weighted by Crippen LogP contribution is -2.71. The Hall–Kier alpha value is -2.44. The zero-order valence-electron chi connectivity index (χ0n) is 17.7. The van der Waals surface area contributed by atoms with E-state index in [9.17, 15) is 9.59 Å². The zero-order chi connectivity index (χ0) is 21.4. The van der Waals surface area contributed by atoms with Crippen LogP contribution >= 0.6 is 0 Å². The summed E-state index contributed by atoms with van der Waals surface area (Å²) in [6, 6.07) is 12.2. The van der Waals surface area contributed by atoms with Crippen molar-refractivity contribution in [3.05, 3.63) is 48.0 Å². The fraction of sp³-hybridized carbons (Fsp3) is 0.478. The van der Waals surface area contributed by atoms with Gasteiger partial charge in [0, 0.05) is 6.42 Å². The molecule has 2 aromatic carbocycles. The van der Waals surface area contributed by atoms with E-state index in [4.69, 9.17) is 15.2 Å². The van der Waals surface area contributed by atoms with Crippen LogP contribution < -0.4 is 11.1 Å². The number of nitrogens with one attached hydrogen (secondary N) is 1. The molecule has 6 heteroatoms. The lowest BCUT2D eigenvalue weighted by Gasteiger charge is -2.44. The molecule has 3 atom stereocenters. The summed E-state index contributed by atoms with van der Waals surface area (Å²) in [6.45, 7) is 9.41. The van der Waals surface area contributed by atoms with Crippen LogP contribution in [0, 0.1) is 5.92 Å². The highest BCUT2D eigenvalue weighted by Crippen LogP contribution is 2.35. The first-order valence-electron chi connectivity index (χ1n) is 9.99. The fourth-order valence-electron chi connectivity index (χ4n) is 3.66. The van der Waals surface area contributed by atoms with E-state index in [0.717, 1.165) is 10.8 Å². The van der Waals surface area contributed by atoms with Crippen LogP contribution in [0.25, 0.3) is 10.8 Å². The molecule has 1 aliphatic rings. The monoisotopic (exact) mass is 398 g/mol. The quantitative estimate of drug-likeness (QED) is 0.769.